The van der Waals surface area contributed by atoms with Crippen LogP contribution in [0.15, 0.2) is 0 Å². The normalized spacial score (nSPS) is 11.5. The number of rotatable bonds is 8. The van der Waals surface area contributed by atoms with Crippen molar-refractivity contribution in [1.29, 1.82) is 0 Å². The van der Waals surface area contributed by atoms with Crippen LogP contribution in [0.4, 0.5) is 0 Å². The Bertz CT molecular complexity index is 648. The van der Waals surface area contributed by atoms with E-state index in [1.807, 2.05) is 0 Å². The summed E-state index contributed by atoms with van der Waals surface area (Å²) in [5.74, 6) is 0. The van der Waals surface area contributed by atoms with Gasteiger partial charge in [-0.05, 0) is 107 Å². The first-order chi connectivity index (χ1) is 12.6. The maximum Gasteiger partial charge on any atom is -0.0109 e. The molecule has 0 aliphatic rings. The van der Waals surface area contributed by atoms with Gasteiger partial charge < -0.3 is 0 Å². The maximum atomic E-state index is 2.36. The largest absolute Gasteiger partial charge is 0.0613 e. The van der Waals surface area contributed by atoms with Gasteiger partial charge in [-0.3, -0.25) is 0 Å². The van der Waals surface area contributed by atoms with Crippen LogP contribution in [-0.2, 0) is 51.4 Å². The van der Waals surface area contributed by atoms with E-state index >= 15 is 0 Å². The summed E-state index contributed by atoms with van der Waals surface area (Å²) in [4.78, 5) is 0. The standard InChI is InChI=1S/C26H40/c1-9-17-18(10-2)22(14-6)26-24(16-8)20(12-4)19(11-3)23(15-7)25(26)21(17)13-5/h9-16H2,1-8H3. The van der Waals surface area contributed by atoms with Gasteiger partial charge in [0.2, 0.25) is 0 Å². The molecule has 0 nitrogen and oxygen atoms in total. The van der Waals surface area contributed by atoms with Gasteiger partial charge in [0.1, 0.15) is 0 Å². The van der Waals surface area contributed by atoms with Crippen LogP contribution in [0.3, 0.4) is 0 Å². The second-order valence-electron chi connectivity index (χ2n) is 7.41. The zero-order valence-electron chi connectivity index (χ0n) is 18.7. The highest BCUT2D eigenvalue weighted by Gasteiger charge is 2.23. The Labute approximate surface area is 162 Å². The number of aryl methyl sites for hydroxylation is 4. The highest BCUT2D eigenvalue weighted by molar-refractivity contribution is 5.98. The van der Waals surface area contributed by atoms with Gasteiger partial charge in [-0.15, -0.1) is 0 Å². The van der Waals surface area contributed by atoms with Crippen molar-refractivity contribution in [3.8, 4) is 0 Å². The summed E-state index contributed by atoms with van der Waals surface area (Å²) >= 11 is 0. The van der Waals surface area contributed by atoms with Crippen LogP contribution in [-0.4, -0.2) is 0 Å². The highest BCUT2D eigenvalue weighted by atomic mass is 14.3. The molecule has 0 saturated heterocycles. The van der Waals surface area contributed by atoms with E-state index in [0.717, 1.165) is 51.4 Å². The minimum atomic E-state index is 1.15. The SMILES string of the molecule is CCc1c(CC)c(CC)c2c(CC)c(CC)c(CC)c(CC)c2c1CC. The lowest BCUT2D eigenvalue weighted by Gasteiger charge is -2.28. The average Bonchev–Trinajstić information content (AvgIpc) is 2.69. The fourth-order valence-corrected chi connectivity index (χ4v) is 5.57. The first-order valence-corrected chi connectivity index (χ1v) is 11.2. The lowest BCUT2D eigenvalue weighted by atomic mass is 9.77. The molecule has 144 valence electrons. The Balaban J connectivity index is 3.29. The third-order valence-corrected chi connectivity index (χ3v) is 6.47. The summed E-state index contributed by atoms with van der Waals surface area (Å²) < 4.78 is 0. The molecule has 0 radical (unpaired) electrons. The third kappa shape index (κ3) is 3.10. The lowest BCUT2D eigenvalue weighted by Crippen LogP contribution is -2.12. The van der Waals surface area contributed by atoms with E-state index in [4.69, 9.17) is 0 Å². The van der Waals surface area contributed by atoms with Crippen LogP contribution in [0.25, 0.3) is 10.8 Å². The van der Waals surface area contributed by atoms with E-state index < -0.39 is 0 Å². The molecule has 0 N–H and O–H groups in total. The average molecular weight is 353 g/mol. The van der Waals surface area contributed by atoms with E-state index in [2.05, 4.69) is 55.4 Å². The Morgan fingerprint density at radius 1 is 0.269 bits per heavy atom. The second-order valence-corrected chi connectivity index (χ2v) is 7.41. The monoisotopic (exact) mass is 352 g/mol. The zero-order valence-corrected chi connectivity index (χ0v) is 18.7. The van der Waals surface area contributed by atoms with E-state index in [0.29, 0.717) is 0 Å². The highest BCUT2D eigenvalue weighted by Crippen LogP contribution is 2.41. The molecule has 2 aromatic rings. The molecular formula is C26H40. The number of hydrogen-bond acceptors (Lipinski definition) is 0. The Hall–Kier alpha value is -1.30. The molecule has 0 heteroatoms. The van der Waals surface area contributed by atoms with Gasteiger partial charge in [-0.1, -0.05) is 55.4 Å². The summed E-state index contributed by atoms with van der Waals surface area (Å²) in [5, 5.41) is 3.29. The molecule has 0 saturated carbocycles. The molecule has 0 bridgehead atoms. The van der Waals surface area contributed by atoms with Crippen molar-refractivity contribution in [2.45, 2.75) is 107 Å². The molecule has 0 heterocycles. The molecule has 0 aliphatic carbocycles. The van der Waals surface area contributed by atoms with Crippen molar-refractivity contribution in [2.75, 3.05) is 0 Å². The minimum Gasteiger partial charge on any atom is -0.0613 e. The summed E-state index contributed by atoms with van der Waals surface area (Å²) in [7, 11) is 0. The molecule has 2 rings (SSSR count). The van der Waals surface area contributed by atoms with Crippen molar-refractivity contribution in [1.82, 2.24) is 0 Å². The van der Waals surface area contributed by atoms with Crippen LogP contribution in [0, 0.1) is 0 Å². The van der Waals surface area contributed by atoms with Crippen LogP contribution in [0.5, 0.6) is 0 Å². The quantitative estimate of drug-likeness (QED) is 0.466. The first-order valence-electron chi connectivity index (χ1n) is 11.2. The Morgan fingerprint density at radius 3 is 0.538 bits per heavy atom. The van der Waals surface area contributed by atoms with E-state index in [-0.39, 0.29) is 0 Å². The van der Waals surface area contributed by atoms with Crippen molar-refractivity contribution < 1.29 is 0 Å². The molecule has 0 aliphatic heterocycles. The van der Waals surface area contributed by atoms with Crippen molar-refractivity contribution >= 4 is 10.8 Å². The van der Waals surface area contributed by atoms with Crippen molar-refractivity contribution in [3.63, 3.8) is 0 Å². The Morgan fingerprint density at radius 2 is 0.423 bits per heavy atom. The fourth-order valence-electron chi connectivity index (χ4n) is 5.57. The minimum absolute atomic E-state index is 1.15. The lowest BCUT2D eigenvalue weighted by molar-refractivity contribution is 0.931. The number of hydrogen-bond donors (Lipinski definition) is 0. The smallest absolute Gasteiger partial charge is 0.0109 e. The van der Waals surface area contributed by atoms with Gasteiger partial charge in [0.25, 0.3) is 0 Å². The predicted octanol–water partition coefficient (Wildman–Crippen LogP) is 7.34. The van der Waals surface area contributed by atoms with Gasteiger partial charge in [0.05, 0.1) is 0 Å². The van der Waals surface area contributed by atoms with Crippen LogP contribution < -0.4 is 0 Å². The molecule has 0 atom stereocenters. The van der Waals surface area contributed by atoms with E-state index in [1.54, 1.807) is 55.3 Å². The van der Waals surface area contributed by atoms with Gasteiger partial charge in [-0.25, -0.2) is 0 Å². The molecule has 0 amide bonds. The summed E-state index contributed by atoms with van der Waals surface area (Å²) in [6, 6.07) is 0. The van der Waals surface area contributed by atoms with E-state index in [1.165, 1.54) is 0 Å². The van der Waals surface area contributed by atoms with Crippen molar-refractivity contribution in [3.05, 3.63) is 44.5 Å². The molecule has 0 unspecified atom stereocenters. The van der Waals surface area contributed by atoms with Gasteiger partial charge >= 0.3 is 0 Å². The maximum absolute atomic E-state index is 2.36. The topological polar surface area (TPSA) is 0 Å². The zero-order chi connectivity index (χ0) is 19.4. The van der Waals surface area contributed by atoms with Crippen LogP contribution in [0.2, 0.25) is 0 Å². The van der Waals surface area contributed by atoms with Crippen LogP contribution in [0.1, 0.15) is 99.9 Å². The first kappa shape index (κ1) is 21.0. The third-order valence-electron chi connectivity index (χ3n) is 6.47. The van der Waals surface area contributed by atoms with Gasteiger partial charge in [0, 0.05) is 0 Å². The molecule has 2 aromatic carbocycles. The Kier molecular flexibility index (Phi) is 7.33. The molecule has 0 aromatic heterocycles. The summed E-state index contributed by atoms with van der Waals surface area (Å²) in [6.07, 6.45) is 9.27. The molecule has 0 spiro atoms. The number of benzene rings is 2. The predicted molar refractivity (Wildman–Crippen MR) is 119 cm³/mol. The van der Waals surface area contributed by atoms with Gasteiger partial charge in [0.15, 0.2) is 0 Å². The van der Waals surface area contributed by atoms with Crippen LogP contribution >= 0.6 is 0 Å². The molecule has 0 fully saturated rings. The number of fused-ring (bicyclic) bond motifs is 1. The van der Waals surface area contributed by atoms with E-state index in [9.17, 15) is 0 Å². The van der Waals surface area contributed by atoms with Crippen molar-refractivity contribution in [2.24, 2.45) is 0 Å². The molecule has 26 heavy (non-hydrogen) atoms. The van der Waals surface area contributed by atoms with Gasteiger partial charge in [-0.2, -0.15) is 0 Å². The summed E-state index contributed by atoms with van der Waals surface area (Å²) in [6.45, 7) is 18.9. The fraction of sp³-hybridized carbons (Fsp3) is 0.615. The second kappa shape index (κ2) is 9.07. The molecular weight excluding hydrogens is 312 g/mol. The summed E-state index contributed by atoms with van der Waals surface area (Å²) in [5.41, 5.74) is 13.2.